The van der Waals surface area contributed by atoms with Gasteiger partial charge in [0.05, 0.1) is 12.9 Å². The monoisotopic (exact) mass is 365 g/mol. The molecule has 0 bridgehead atoms. The maximum Gasteiger partial charge on any atom is 0.316 e. The van der Waals surface area contributed by atoms with E-state index in [2.05, 4.69) is 19.2 Å². The van der Waals surface area contributed by atoms with Crippen LogP contribution in [0.5, 0.6) is 5.75 Å². The number of carbonyl (C=O) groups is 2. The summed E-state index contributed by atoms with van der Waals surface area (Å²) in [6.45, 7) is 4.19. The lowest BCUT2D eigenvalue weighted by Gasteiger charge is -2.34. The molecule has 5 nitrogen and oxygen atoms in total. The first-order chi connectivity index (χ1) is 12.0. The minimum atomic E-state index is -0.388. The number of rotatable bonds is 7. The molecule has 0 radical (unpaired) electrons. The average Bonchev–Trinajstić information content (AvgIpc) is 2.62. The maximum absolute atomic E-state index is 12.0. The lowest BCUT2D eigenvalue weighted by Crippen LogP contribution is -2.45. The molecule has 0 spiro atoms. The van der Waals surface area contributed by atoms with Gasteiger partial charge in [-0.2, -0.15) is 0 Å². The number of ether oxygens (including phenoxy) is 2. The predicted molar refractivity (Wildman–Crippen MR) is 98.8 cm³/mol. The highest BCUT2D eigenvalue weighted by molar-refractivity contribution is 8.00. The molecule has 0 heterocycles. The van der Waals surface area contributed by atoms with Crippen LogP contribution in [-0.4, -0.2) is 37.4 Å². The normalized spacial score (nSPS) is 22.9. The summed E-state index contributed by atoms with van der Waals surface area (Å²) in [4.78, 5) is 24.8. The first-order valence-corrected chi connectivity index (χ1v) is 9.70. The zero-order chi connectivity index (χ0) is 18.2. The van der Waals surface area contributed by atoms with Gasteiger partial charge in [0, 0.05) is 10.9 Å². The second-order valence-corrected chi connectivity index (χ2v) is 7.61. The van der Waals surface area contributed by atoms with Crippen LogP contribution in [0.15, 0.2) is 29.2 Å². The molecule has 1 aromatic carbocycles. The van der Waals surface area contributed by atoms with Gasteiger partial charge in [-0.3, -0.25) is 9.59 Å². The number of thioether (sulfide) groups is 1. The Labute approximate surface area is 153 Å². The summed E-state index contributed by atoms with van der Waals surface area (Å²) < 4.78 is 10.2. The molecule has 2 rings (SSSR count). The maximum atomic E-state index is 12.0. The molecular weight excluding hydrogens is 338 g/mol. The Kier molecular flexibility index (Phi) is 7.62. The third kappa shape index (κ3) is 6.27. The Morgan fingerprint density at radius 1 is 1.20 bits per heavy atom. The lowest BCUT2D eigenvalue weighted by atomic mass is 9.78. The van der Waals surface area contributed by atoms with Gasteiger partial charge in [0.15, 0.2) is 6.61 Å². The highest BCUT2D eigenvalue weighted by Gasteiger charge is 2.28. The second-order valence-electron chi connectivity index (χ2n) is 6.57. The fourth-order valence-corrected chi connectivity index (χ4v) is 3.73. The Hall–Kier alpha value is -1.69. The van der Waals surface area contributed by atoms with Crippen LogP contribution in [0.25, 0.3) is 0 Å². The van der Waals surface area contributed by atoms with Crippen molar-refractivity contribution >= 4 is 23.6 Å². The van der Waals surface area contributed by atoms with Gasteiger partial charge < -0.3 is 14.8 Å². The minimum absolute atomic E-state index is 0.177. The van der Waals surface area contributed by atoms with E-state index in [-0.39, 0.29) is 30.3 Å². The molecule has 6 heteroatoms. The lowest BCUT2D eigenvalue weighted by molar-refractivity contribution is -0.146. The summed E-state index contributed by atoms with van der Waals surface area (Å²) >= 11 is 1.37. The van der Waals surface area contributed by atoms with Gasteiger partial charge in [0.2, 0.25) is 0 Å². The first kappa shape index (κ1) is 19.6. The van der Waals surface area contributed by atoms with Crippen LogP contribution in [0.2, 0.25) is 0 Å². The van der Waals surface area contributed by atoms with Crippen molar-refractivity contribution in [3.63, 3.8) is 0 Å². The molecule has 3 atom stereocenters. The third-order valence-electron chi connectivity index (χ3n) is 4.83. The van der Waals surface area contributed by atoms with Crippen LogP contribution >= 0.6 is 11.8 Å². The standard InChI is InChI=1S/C19H27NO4S/c1-13-5-4-6-17(14(13)2)20-18(21)11-24-19(22)12-25-16-9-7-15(23-3)8-10-16/h7-10,13-14,17H,4-6,11-12H2,1-3H3,(H,20,21)/t13-,14-,17+/m1/s1. The van der Waals surface area contributed by atoms with Crippen LogP contribution in [0, 0.1) is 11.8 Å². The minimum Gasteiger partial charge on any atom is -0.497 e. The van der Waals surface area contributed by atoms with Gasteiger partial charge in [-0.15, -0.1) is 11.8 Å². The summed E-state index contributed by atoms with van der Waals surface area (Å²) in [7, 11) is 1.61. The van der Waals surface area contributed by atoms with Crippen molar-refractivity contribution in [2.75, 3.05) is 19.5 Å². The molecule has 1 aliphatic rings. The van der Waals surface area contributed by atoms with Crippen LogP contribution in [0.4, 0.5) is 0 Å². The predicted octanol–water partition coefficient (Wildman–Crippen LogP) is 3.27. The molecule has 25 heavy (non-hydrogen) atoms. The number of methoxy groups -OCH3 is 1. The first-order valence-electron chi connectivity index (χ1n) is 8.71. The van der Waals surface area contributed by atoms with Crippen molar-refractivity contribution < 1.29 is 19.1 Å². The van der Waals surface area contributed by atoms with Crippen molar-refractivity contribution in [3.05, 3.63) is 24.3 Å². The Bertz CT molecular complexity index is 575. The average molecular weight is 365 g/mol. The van der Waals surface area contributed by atoms with E-state index in [1.54, 1.807) is 7.11 Å². The van der Waals surface area contributed by atoms with Crippen molar-refractivity contribution in [1.29, 1.82) is 0 Å². The van der Waals surface area contributed by atoms with E-state index in [4.69, 9.17) is 9.47 Å². The van der Waals surface area contributed by atoms with E-state index in [1.165, 1.54) is 18.2 Å². The Balaban J connectivity index is 1.67. The molecule has 0 aromatic heterocycles. The van der Waals surface area contributed by atoms with Crippen LogP contribution in [-0.2, 0) is 14.3 Å². The zero-order valence-electron chi connectivity index (χ0n) is 15.1. The Morgan fingerprint density at radius 3 is 2.60 bits per heavy atom. The number of benzene rings is 1. The summed E-state index contributed by atoms with van der Waals surface area (Å²) in [5.41, 5.74) is 0. The molecule has 1 amide bonds. The molecule has 1 aliphatic carbocycles. The van der Waals surface area contributed by atoms with E-state index in [1.807, 2.05) is 24.3 Å². The highest BCUT2D eigenvalue weighted by Crippen LogP contribution is 2.29. The van der Waals surface area contributed by atoms with Crippen molar-refractivity contribution in [2.45, 2.75) is 44.0 Å². The number of hydrogen-bond acceptors (Lipinski definition) is 5. The molecule has 0 unspecified atom stereocenters. The van der Waals surface area contributed by atoms with Crippen LogP contribution < -0.4 is 10.1 Å². The van der Waals surface area contributed by atoms with Gasteiger partial charge in [-0.05, 0) is 42.5 Å². The summed E-state index contributed by atoms with van der Waals surface area (Å²) in [5.74, 6) is 1.42. The topological polar surface area (TPSA) is 64.6 Å². The van der Waals surface area contributed by atoms with Crippen molar-refractivity contribution in [2.24, 2.45) is 11.8 Å². The van der Waals surface area contributed by atoms with Gasteiger partial charge in [-0.25, -0.2) is 0 Å². The van der Waals surface area contributed by atoms with Gasteiger partial charge in [-0.1, -0.05) is 26.7 Å². The van der Waals surface area contributed by atoms with E-state index in [0.717, 1.165) is 23.5 Å². The number of hydrogen-bond donors (Lipinski definition) is 1. The highest BCUT2D eigenvalue weighted by atomic mass is 32.2. The fraction of sp³-hybridized carbons (Fsp3) is 0.579. The summed E-state index contributed by atoms with van der Waals surface area (Å²) in [5, 5.41) is 3.00. The molecule has 1 N–H and O–H groups in total. The molecule has 138 valence electrons. The molecular formula is C19H27NO4S. The van der Waals surface area contributed by atoms with Crippen LogP contribution in [0.3, 0.4) is 0 Å². The number of amides is 1. The van der Waals surface area contributed by atoms with E-state index in [0.29, 0.717) is 11.8 Å². The number of esters is 1. The third-order valence-corrected chi connectivity index (χ3v) is 5.82. The fourth-order valence-electron chi connectivity index (χ4n) is 3.04. The summed E-state index contributed by atoms with van der Waals surface area (Å²) in [6, 6.07) is 7.63. The van der Waals surface area contributed by atoms with E-state index >= 15 is 0 Å². The Morgan fingerprint density at radius 2 is 1.92 bits per heavy atom. The SMILES string of the molecule is COc1ccc(SCC(=O)OCC(=O)N[C@H]2CCC[C@@H](C)[C@H]2C)cc1. The molecule has 1 saturated carbocycles. The second kappa shape index (κ2) is 9.70. The van der Waals surface area contributed by atoms with Crippen LogP contribution in [0.1, 0.15) is 33.1 Å². The quantitative estimate of drug-likeness (QED) is 0.593. The van der Waals surface area contributed by atoms with E-state index in [9.17, 15) is 9.59 Å². The molecule has 1 aromatic rings. The van der Waals surface area contributed by atoms with Crippen molar-refractivity contribution in [1.82, 2.24) is 5.32 Å². The zero-order valence-corrected chi connectivity index (χ0v) is 15.9. The molecule has 0 aliphatic heterocycles. The smallest absolute Gasteiger partial charge is 0.316 e. The molecule has 1 fully saturated rings. The van der Waals surface area contributed by atoms with Crippen molar-refractivity contribution in [3.8, 4) is 5.75 Å². The van der Waals surface area contributed by atoms with Gasteiger partial charge >= 0.3 is 5.97 Å². The van der Waals surface area contributed by atoms with E-state index < -0.39 is 0 Å². The number of nitrogens with one attached hydrogen (secondary N) is 1. The molecule has 0 saturated heterocycles. The largest absolute Gasteiger partial charge is 0.497 e. The van der Waals surface area contributed by atoms with Gasteiger partial charge in [0.25, 0.3) is 5.91 Å². The van der Waals surface area contributed by atoms with Gasteiger partial charge in [0.1, 0.15) is 5.75 Å². The summed E-state index contributed by atoms with van der Waals surface area (Å²) in [6.07, 6.45) is 3.35. The number of carbonyl (C=O) groups excluding carboxylic acids is 2.